The zero-order valence-electron chi connectivity index (χ0n) is 16.5. The predicted octanol–water partition coefficient (Wildman–Crippen LogP) is 2.09. The Labute approximate surface area is 168 Å². The fourth-order valence-corrected chi connectivity index (χ4v) is 4.56. The van der Waals surface area contributed by atoms with Gasteiger partial charge in [-0.15, -0.1) is 0 Å². The minimum Gasteiger partial charge on any atom is -0.376 e. The molecule has 2 fully saturated rings. The molecule has 1 aromatic heterocycles. The van der Waals surface area contributed by atoms with Crippen LogP contribution < -0.4 is 5.32 Å². The van der Waals surface area contributed by atoms with E-state index in [9.17, 15) is 13.6 Å². The van der Waals surface area contributed by atoms with E-state index in [1.807, 2.05) is 4.90 Å². The second-order valence-corrected chi connectivity index (χ2v) is 8.14. The quantitative estimate of drug-likeness (QED) is 0.769. The first-order valence-corrected chi connectivity index (χ1v) is 10.5. The normalized spacial score (nSPS) is 28.2. The third kappa shape index (κ3) is 4.85. The Hall–Kier alpha value is -1.81. The van der Waals surface area contributed by atoms with Gasteiger partial charge in [-0.05, 0) is 44.4 Å². The van der Waals surface area contributed by atoms with Gasteiger partial charge in [-0.2, -0.15) is 10.1 Å². The van der Waals surface area contributed by atoms with Crippen molar-refractivity contribution in [2.45, 2.75) is 63.1 Å². The number of nitrogens with zero attached hydrogens (tertiary/aromatic N) is 4. The van der Waals surface area contributed by atoms with Crippen LogP contribution in [0, 0.1) is 5.92 Å². The molecule has 10 heteroatoms. The molecule has 3 atom stereocenters. The second-order valence-electron chi connectivity index (χ2n) is 8.14. The summed E-state index contributed by atoms with van der Waals surface area (Å²) in [5.74, 6) is 0.617. The highest BCUT2D eigenvalue weighted by atomic mass is 19.3. The lowest BCUT2D eigenvalue weighted by Crippen LogP contribution is -2.47. The summed E-state index contributed by atoms with van der Waals surface area (Å²) in [6.45, 7) is 2.55. The van der Waals surface area contributed by atoms with E-state index in [0.717, 1.165) is 38.7 Å². The van der Waals surface area contributed by atoms with Crippen LogP contribution >= 0.6 is 0 Å². The molecule has 162 valence electrons. The van der Waals surface area contributed by atoms with Crippen LogP contribution in [0.15, 0.2) is 6.33 Å². The maximum Gasteiger partial charge on any atom is 0.260 e. The number of hydrogen-bond acceptors (Lipinski definition) is 6. The lowest BCUT2D eigenvalue weighted by Gasteiger charge is -2.40. The number of likely N-dealkylation sites (tertiary alicyclic amines) is 1. The molecule has 4 heterocycles. The monoisotopic (exact) mass is 413 g/mol. The lowest BCUT2D eigenvalue weighted by atomic mass is 9.85. The van der Waals surface area contributed by atoms with Crippen LogP contribution in [0.3, 0.4) is 0 Å². The van der Waals surface area contributed by atoms with E-state index in [2.05, 4.69) is 15.4 Å². The maximum atomic E-state index is 13.4. The van der Waals surface area contributed by atoms with Gasteiger partial charge in [0.2, 0.25) is 11.9 Å². The number of nitrogens with one attached hydrogen (secondary N) is 1. The van der Waals surface area contributed by atoms with Crippen LogP contribution in [0.5, 0.6) is 0 Å². The molecule has 1 amide bonds. The van der Waals surface area contributed by atoms with Gasteiger partial charge in [0.05, 0.1) is 12.7 Å². The van der Waals surface area contributed by atoms with Crippen molar-refractivity contribution >= 4 is 11.9 Å². The fourth-order valence-electron chi connectivity index (χ4n) is 4.56. The molecule has 0 spiro atoms. The van der Waals surface area contributed by atoms with E-state index in [1.54, 1.807) is 0 Å². The van der Waals surface area contributed by atoms with E-state index in [1.165, 1.54) is 11.0 Å². The largest absolute Gasteiger partial charge is 0.376 e. The minimum atomic E-state index is -2.48. The first kappa shape index (κ1) is 20.5. The zero-order chi connectivity index (χ0) is 20.2. The Balaban J connectivity index is 1.22. The van der Waals surface area contributed by atoms with Crippen LogP contribution in [0.25, 0.3) is 0 Å². The predicted molar refractivity (Wildman–Crippen MR) is 101 cm³/mol. The Morgan fingerprint density at radius 3 is 2.86 bits per heavy atom. The van der Waals surface area contributed by atoms with Gasteiger partial charge >= 0.3 is 0 Å². The van der Waals surface area contributed by atoms with E-state index in [4.69, 9.17) is 9.47 Å². The fraction of sp³-hybridized carbons (Fsp3) is 0.842. The number of carbonyl (C=O) groups is 1. The summed E-state index contributed by atoms with van der Waals surface area (Å²) in [7, 11) is 0. The summed E-state index contributed by atoms with van der Waals surface area (Å²) in [6.07, 6.45) is 4.03. The van der Waals surface area contributed by atoms with Gasteiger partial charge in [-0.3, -0.25) is 4.79 Å². The Morgan fingerprint density at radius 2 is 2.14 bits per heavy atom. The number of hydrogen-bond donors (Lipinski definition) is 1. The molecule has 0 bridgehead atoms. The van der Waals surface area contributed by atoms with Crippen LogP contribution in [0.4, 0.5) is 14.7 Å². The van der Waals surface area contributed by atoms with E-state index < -0.39 is 12.5 Å². The second kappa shape index (κ2) is 9.34. The molecule has 2 saturated heterocycles. The Kier molecular flexibility index (Phi) is 6.59. The Bertz CT molecular complexity index is 675. The first-order chi connectivity index (χ1) is 14.1. The molecule has 0 radical (unpaired) electrons. The molecule has 8 nitrogen and oxygen atoms in total. The van der Waals surface area contributed by atoms with Gasteiger partial charge in [0.1, 0.15) is 19.0 Å². The van der Waals surface area contributed by atoms with Crippen molar-refractivity contribution in [2.24, 2.45) is 5.92 Å². The van der Waals surface area contributed by atoms with E-state index in [0.29, 0.717) is 32.1 Å². The third-order valence-electron chi connectivity index (χ3n) is 6.25. The van der Waals surface area contributed by atoms with Crippen molar-refractivity contribution in [1.29, 1.82) is 0 Å². The number of carbonyl (C=O) groups excluding carboxylic acids is 1. The molecule has 0 saturated carbocycles. The summed E-state index contributed by atoms with van der Waals surface area (Å²) in [4.78, 5) is 18.3. The van der Waals surface area contributed by atoms with Crippen molar-refractivity contribution in [3.05, 3.63) is 6.33 Å². The van der Waals surface area contributed by atoms with Crippen LogP contribution in [0.1, 0.15) is 44.6 Å². The van der Waals surface area contributed by atoms with E-state index in [-0.39, 0.29) is 30.6 Å². The standard InChI is InChI=1S/C19H29F2N5O3/c20-18(21)16-9-15(24-19-22-12-23-26(16)19)13-4-6-25(7-5-13)17(27)11-28-10-14-3-1-2-8-29-14/h12-16,18H,1-11H2,(H,22,23,24)/t14-,15-,16+/m0/s1. The van der Waals surface area contributed by atoms with Crippen molar-refractivity contribution < 1.29 is 23.0 Å². The lowest BCUT2D eigenvalue weighted by molar-refractivity contribution is -0.139. The van der Waals surface area contributed by atoms with Gasteiger partial charge < -0.3 is 19.7 Å². The number of piperidine rings is 1. The van der Waals surface area contributed by atoms with Gasteiger partial charge in [-0.25, -0.2) is 13.5 Å². The average Bonchev–Trinajstić information content (AvgIpc) is 3.22. The average molecular weight is 413 g/mol. The number of rotatable bonds is 6. The molecule has 1 N–H and O–H groups in total. The molecule has 0 unspecified atom stereocenters. The van der Waals surface area contributed by atoms with Gasteiger partial charge in [0.25, 0.3) is 6.43 Å². The van der Waals surface area contributed by atoms with Crippen molar-refractivity contribution in [3.63, 3.8) is 0 Å². The number of halogens is 2. The van der Waals surface area contributed by atoms with Gasteiger partial charge in [-0.1, -0.05) is 0 Å². The zero-order valence-corrected chi connectivity index (χ0v) is 16.5. The number of anilines is 1. The van der Waals surface area contributed by atoms with Gasteiger partial charge in [0, 0.05) is 25.7 Å². The number of fused-ring (bicyclic) bond motifs is 1. The summed E-state index contributed by atoms with van der Waals surface area (Å²) in [5, 5.41) is 7.18. The summed E-state index contributed by atoms with van der Waals surface area (Å²) in [6, 6.07) is -1.03. The van der Waals surface area contributed by atoms with Crippen LogP contribution in [0.2, 0.25) is 0 Å². The van der Waals surface area contributed by atoms with Crippen molar-refractivity contribution in [2.75, 3.05) is 38.2 Å². The molecule has 29 heavy (non-hydrogen) atoms. The molecule has 0 aliphatic carbocycles. The van der Waals surface area contributed by atoms with Crippen LogP contribution in [-0.4, -0.2) is 77.1 Å². The highest BCUT2D eigenvalue weighted by molar-refractivity contribution is 5.77. The smallest absolute Gasteiger partial charge is 0.260 e. The Morgan fingerprint density at radius 1 is 1.31 bits per heavy atom. The third-order valence-corrected chi connectivity index (χ3v) is 6.25. The summed E-state index contributed by atoms with van der Waals surface area (Å²) in [5.41, 5.74) is 0. The van der Waals surface area contributed by atoms with Gasteiger partial charge in [0.15, 0.2) is 0 Å². The number of amides is 1. The number of aromatic nitrogens is 3. The minimum absolute atomic E-state index is 0.0129. The van der Waals surface area contributed by atoms with Crippen LogP contribution in [-0.2, 0) is 14.3 Å². The highest BCUT2D eigenvalue weighted by Gasteiger charge is 2.38. The summed E-state index contributed by atoms with van der Waals surface area (Å²) >= 11 is 0. The molecular formula is C19H29F2N5O3. The maximum absolute atomic E-state index is 13.4. The molecule has 1 aromatic rings. The molecule has 3 aliphatic heterocycles. The number of alkyl halides is 2. The summed E-state index contributed by atoms with van der Waals surface area (Å²) < 4.78 is 39.4. The highest BCUT2D eigenvalue weighted by Crippen LogP contribution is 2.35. The molecule has 0 aromatic carbocycles. The topological polar surface area (TPSA) is 81.5 Å². The first-order valence-electron chi connectivity index (χ1n) is 10.5. The van der Waals surface area contributed by atoms with E-state index >= 15 is 0 Å². The molecule has 4 rings (SSSR count). The number of ether oxygens (including phenoxy) is 2. The molecular weight excluding hydrogens is 384 g/mol. The van der Waals surface area contributed by atoms with Crippen molar-refractivity contribution in [3.8, 4) is 0 Å². The SMILES string of the molecule is O=C(COC[C@@H]1CCCCO1)N1CCC([C@@H]2C[C@H](C(F)F)n3ncnc3N2)CC1. The van der Waals surface area contributed by atoms with Crippen molar-refractivity contribution in [1.82, 2.24) is 19.7 Å². The molecule has 3 aliphatic rings.